The van der Waals surface area contributed by atoms with Crippen molar-refractivity contribution in [3.05, 3.63) is 0 Å². The van der Waals surface area contributed by atoms with Crippen LogP contribution in [0.3, 0.4) is 0 Å². The zero-order valence-corrected chi connectivity index (χ0v) is 10.2. The van der Waals surface area contributed by atoms with E-state index in [0.29, 0.717) is 6.61 Å². The molecule has 0 aliphatic heterocycles. The Morgan fingerprint density at radius 3 is 2.53 bits per heavy atom. The molecule has 2 unspecified atom stereocenters. The number of hydrogen-bond donors (Lipinski definition) is 2. The molecule has 2 heteroatoms. The van der Waals surface area contributed by atoms with E-state index in [1.807, 2.05) is 0 Å². The van der Waals surface area contributed by atoms with E-state index in [0.717, 1.165) is 18.4 Å². The largest absolute Gasteiger partial charge is 0.396 e. The summed E-state index contributed by atoms with van der Waals surface area (Å²) in [5.74, 6) is 0.871. The van der Waals surface area contributed by atoms with Crippen molar-refractivity contribution in [1.82, 2.24) is 5.32 Å². The highest BCUT2D eigenvalue weighted by Crippen LogP contribution is 2.23. The van der Waals surface area contributed by atoms with Crippen molar-refractivity contribution in [2.45, 2.75) is 64.3 Å². The third-order valence-electron chi connectivity index (χ3n) is 3.60. The van der Waals surface area contributed by atoms with Crippen molar-refractivity contribution >= 4 is 0 Å². The number of nitrogens with one attached hydrogen (secondary N) is 1. The van der Waals surface area contributed by atoms with E-state index in [2.05, 4.69) is 12.2 Å². The summed E-state index contributed by atoms with van der Waals surface area (Å²) in [4.78, 5) is 0. The molecule has 1 fully saturated rings. The van der Waals surface area contributed by atoms with Gasteiger partial charge in [-0.3, -0.25) is 0 Å². The minimum Gasteiger partial charge on any atom is -0.396 e. The first kappa shape index (κ1) is 13.0. The van der Waals surface area contributed by atoms with Gasteiger partial charge in [0.05, 0.1) is 0 Å². The summed E-state index contributed by atoms with van der Waals surface area (Å²) in [6.07, 6.45) is 10.3. The van der Waals surface area contributed by atoms with E-state index in [1.165, 1.54) is 51.5 Å². The molecule has 1 saturated carbocycles. The van der Waals surface area contributed by atoms with Gasteiger partial charge in [-0.2, -0.15) is 0 Å². The van der Waals surface area contributed by atoms with Gasteiger partial charge in [-0.05, 0) is 38.1 Å². The normalized spacial score (nSPS) is 26.8. The molecule has 2 nitrogen and oxygen atoms in total. The molecule has 2 N–H and O–H groups in total. The standard InChI is InChI=1S/C13H27NO/c1-12-8-4-5-9-13(12)14-10-6-2-3-7-11-15/h12-15H,2-11H2,1H3. The van der Waals surface area contributed by atoms with Crippen LogP contribution in [0.25, 0.3) is 0 Å². The number of aliphatic hydroxyl groups excluding tert-OH is 1. The lowest BCUT2D eigenvalue weighted by Crippen LogP contribution is -2.37. The van der Waals surface area contributed by atoms with E-state index in [1.54, 1.807) is 0 Å². The maximum atomic E-state index is 8.65. The Morgan fingerprint density at radius 2 is 1.80 bits per heavy atom. The van der Waals surface area contributed by atoms with Crippen LogP contribution >= 0.6 is 0 Å². The van der Waals surface area contributed by atoms with Crippen molar-refractivity contribution in [2.75, 3.05) is 13.2 Å². The molecule has 15 heavy (non-hydrogen) atoms. The smallest absolute Gasteiger partial charge is 0.0431 e. The van der Waals surface area contributed by atoms with Crippen LogP contribution < -0.4 is 5.32 Å². The summed E-state index contributed by atoms with van der Waals surface area (Å²) in [6, 6.07) is 0.775. The van der Waals surface area contributed by atoms with Crippen LogP contribution in [0.5, 0.6) is 0 Å². The molecule has 0 aromatic carbocycles. The van der Waals surface area contributed by atoms with Gasteiger partial charge in [-0.15, -0.1) is 0 Å². The Kier molecular flexibility index (Phi) is 7.03. The highest BCUT2D eigenvalue weighted by molar-refractivity contribution is 4.77. The highest BCUT2D eigenvalue weighted by atomic mass is 16.2. The fraction of sp³-hybridized carbons (Fsp3) is 1.00. The fourth-order valence-electron chi connectivity index (χ4n) is 2.50. The molecule has 1 rings (SSSR count). The summed E-state index contributed by atoms with van der Waals surface area (Å²) in [5.41, 5.74) is 0. The molecular weight excluding hydrogens is 186 g/mol. The van der Waals surface area contributed by atoms with Crippen LogP contribution in [0.1, 0.15) is 58.3 Å². The van der Waals surface area contributed by atoms with E-state index in [9.17, 15) is 0 Å². The Balaban J connectivity index is 1.94. The molecule has 2 atom stereocenters. The van der Waals surface area contributed by atoms with Gasteiger partial charge in [0.15, 0.2) is 0 Å². The number of unbranched alkanes of at least 4 members (excludes halogenated alkanes) is 3. The molecule has 0 aromatic rings. The monoisotopic (exact) mass is 213 g/mol. The van der Waals surface area contributed by atoms with Crippen LogP contribution in [0.4, 0.5) is 0 Å². The molecule has 0 bridgehead atoms. The van der Waals surface area contributed by atoms with Crippen molar-refractivity contribution in [1.29, 1.82) is 0 Å². The summed E-state index contributed by atoms with van der Waals surface area (Å²) in [7, 11) is 0. The van der Waals surface area contributed by atoms with Gasteiger partial charge in [0.1, 0.15) is 0 Å². The predicted molar refractivity (Wildman–Crippen MR) is 65.0 cm³/mol. The number of rotatable bonds is 7. The third-order valence-corrected chi connectivity index (χ3v) is 3.60. The lowest BCUT2D eigenvalue weighted by molar-refractivity contribution is 0.273. The van der Waals surface area contributed by atoms with Crippen LogP contribution in [0.2, 0.25) is 0 Å². The Labute approximate surface area is 94.5 Å². The maximum absolute atomic E-state index is 8.65. The van der Waals surface area contributed by atoms with Gasteiger partial charge in [0, 0.05) is 12.6 Å². The van der Waals surface area contributed by atoms with Crippen molar-refractivity contribution < 1.29 is 5.11 Å². The molecule has 1 aliphatic carbocycles. The Morgan fingerprint density at radius 1 is 1.07 bits per heavy atom. The first-order valence-corrected chi connectivity index (χ1v) is 6.69. The van der Waals surface area contributed by atoms with Crippen LogP contribution in [-0.4, -0.2) is 24.3 Å². The lowest BCUT2D eigenvalue weighted by atomic mass is 9.86. The molecule has 1 aliphatic rings. The second kappa shape index (κ2) is 8.12. The third kappa shape index (κ3) is 5.53. The van der Waals surface area contributed by atoms with Gasteiger partial charge in [0.2, 0.25) is 0 Å². The highest BCUT2D eigenvalue weighted by Gasteiger charge is 2.19. The topological polar surface area (TPSA) is 32.3 Å². The molecule has 0 spiro atoms. The van der Waals surface area contributed by atoms with E-state index < -0.39 is 0 Å². The molecule has 0 aromatic heterocycles. The van der Waals surface area contributed by atoms with Crippen molar-refractivity contribution in [2.24, 2.45) is 5.92 Å². The Bertz CT molecular complexity index is 149. The molecule has 0 amide bonds. The second-order valence-electron chi connectivity index (χ2n) is 4.96. The second-order valence-corrected chi connectivity index (χ2v) is 4.96. The maximum Gasteiger partial charge on any atom is 0.0431 e. The van der Waals surface area contributed by atoms with Crippen molar-refractivity contribution in [3.63, 3.8) is 0 Å². The van der Waals surface area contributed by atoms with Gasteiger partial charge < -0.3 is 10.4 Å². The van der Waals surface area contributed by atoms with E-state index in [-0.39, 0.29) is 0 Å². The zero-order valence-electron chi connectivity index (χ0n) is 10.2. The van der Waals surface area contributed by atoms with Gasteiger partial charge in [-0.1, -0.05) is 32.6 Å². The number of hydrogen-bond acceptors (Lipinski definition) is 2. The summed E-state index contributed by atoms with van der Waals surface area (Å²) < 4.78 is 0. The van der Waals surface area contributed by atoms with Crippen LogP contribution in [-0.2, 0) is 0 Å². The molecular formula is C13H27NO. The summed E-state index contributed by atoms with van der Waals surface area (Å²) >= 11 is 0. The predicted octanol–water partition coefficient (Wildman–Crippen LogP) is 2.71. The van der Waals surface area contributed by atoms with Crippen LogP contribution in [0.15, 0.2) is 0 Å². The summed E-state index contributed by atoms with van der Waals surface area (Å²) in [5, 5.41) is 12.3. The fourth-order valence-corrected chi connectivity index (χ4v) is 2.50. The molecule has 0 heterocycles. The number of aliphatic hydroxyl groups is 1. The summed E-state index contributed by atoms with van der Waals surface area (Å²) in [6.45, 7) is 3.90. The average Bonchev–Trinajstić information content (AvgIpc) is 2.25. The SMILES string of the molecule is CC1CCCCC1NCCCCCCO. The first-order valence-electron chi connectivity index (χ1n) is 6.69. The van der Waals surface area contributed by atoms with E-state index in [4.69, 9.17) is 5.11 Å². The minimum atomic E-state index is 0.354. The zero-order chi connectivity index (χ0) is 10.9. The van der Waals surface area contributed by atoms with Crippen molar-refractivity contribution in [3.8, 4) is 0 Å². The van der Waals surface area contributed by atoms with E-state index >= 15 is 0 Å². The van der Waals surface area contributed by atoms with Crippen LogP contribution in [0, 0.1) is 5.92 Å². The minimum absolute atomic E-state index is 0.354. The molecule has 0 saturated heterocycles. The van der Waals surface area contributed by atoms with Gasteiger partial charge in [-0.25, -0.2) is 0 Å². The molecule has 0 radical (unpaired) electrons. The first-order chi connectivity index (χ1) is 7.34. The lowest BCUT2D eigenvalue weighted by Gasteiger charge is -2.29. The quantitative estimate of drug-likeness (QED) is 0.637. The Hall–Kier alpha value is -0.0800. The average molecular weight is 213 g/mol. The van der Waals surface area contributed by atoms with Gasteiger partial charge >= 0.3 is 0 Å². The van der Waals surface area contributed by atoms with Gasteiger partial charge in [0.25, 0.3) is 0 Å². The molecule has 90 valence electrons.